The van der Waals surface area contributed by atoms with Crippen LogP contribution < -0.4 is 0 Å². The average Bonchev–Trinajstić information content (AvgIpc) is 3.10. The number of allylic oxidation sites excluding steroid dienone is 12. The number of hydrogen-bond donors (Lipinski definition) is 2. The fraction of sp³-hybridized carbons (Fsp3) is 0.643. The summed E-state index contributed by atoms with van der Waals surface area (Å²) in [5.41, 5.74) is 0. The molecule has 2 N–H and O–H groups in total. The molecule has 0 heterocycles. The van der Waals surface area contributed by atoms with Gasteiger partial charge in [-0.2, -0.15) is 0 Å². The fourth-order valence-electron chi connectivity index (χ4n) is 4.94. The molecule has 0 aromatic heterocycles. The minimum absolute atomic E-state index is 0.0829. The lowest BCUT2D eigenvalue weighted by molar-refractivity contribution is -0.161. The Morgan fingerprint density at radius 3 is 1.63 bits per heavy atom. The molecular weight excluding hydrogens is 679 g/mol. The fourth-order valence-corrected chi connectivity index (χ4v) is 5.30. The van der Waals surface area contributed by atoms with Crippen molar-refractivity contribution in [3.05, 3.63) is 72.9 Å². The molecule has 9 nitrogen and oxygen atoms in total. The summed E-state index contributed by atoms with van der Waals surface area (Å²) in [4.78, 5) is 54.9. The van der Waals surface area contributed by atoms with Crippen molar-refractivity contribution in [1.82, 2.24) is 0 Å². The normalized spacial score (nSPS) is 13.2. The molecule has 0 aliphatic rings. The Labute approximate surface area is 315 Å². The second-order valence-electron chi connectivity index (χ2n) is 12.9. The van der Waals surface area contributed by atoms with Gasteiger partial charge in [-0.05, 0) is 76.7 Å². The van der Waals surface area contributed by atoms with Crippen LogP contribution in [0.1, 0.15) is 155 Å². The lowest BCUT2D eigenvalue weighted by Gasteiger charge is -2.18. The van der Waals surface area contributed by atoms with Crippen LogP contribution in [0, 0.1) is 0 Å². The monoisotopic (exact) mass is 748 g/mol. The number of esters is 2. The van der Waals surface area contributed by atoms with E-state index in [2.05, 4.69) is 67.0 Å². The molecule has 1 atom stereocenters. The number of phosphoric ester groups is 1. The maximum absolute atomic E-state index is 12.4. The third-order valence-electron chi connectivity index (χ3n) is 7.92. The molecule has 0 fully saturated rings. The zero-order chi connectivity index (χ0) is 38.4. The molecule has 0 bridgehead atoms. The van der Waals surface area contributed by atoms with Gasteiger partial charge in [-0.1, -0.05) is 132 Å². The van der Waals surface area contributed by atoms with Crippen LogP contribution >= 0.6 is 7.82 Å². The molecule has 0 aromatic rings. The summed E-state index contributed by atoms with van der Waals surface area (Å²) in [5, 5.41) is 0. The molecule has 0 aromatic carbocycles. The number of ether oxygens (including phenoxy) is 2. The molecule has 0 amide bonds. The van der Waals surface area contributed by atoms with Crippen LogP contribution in [-0.2, 0) is 32.9 Å². The van der Waals surface area contributed by atoms with Crippen LogP contribution in [-0.4, -0.2) is 46.8 Å². The first-order chi connectivity index (χ1) is 25.2. The molecule has 0 aliphatic carbocycles. The topological polar surface area (TPSA) is 136 Å². The number of ketones is 1. The summed E-state index contributed by atoms with van der Waals surface area (Å²) in [6.45, 7) is 3.40. The molecule has 52 heavy (non-hydrogen) atoms. The van der Waals surface area contributed by atoms with Crippen LogP contribution in [0.5, 0.6) is 0 Å². The third-order valence-corrected chi connectivity index (χ3v) is 8.41. The molecule has 0 radical (unpaired) electrons. The second-order valence-corrected chi connectivity index (χ2v) is 14.2. The van der Waals surface area contributed by atoms with Gasteiger partial charge in [0.05, 0.1) is 6.61 Å². The van der Waals surface area contributed by atoms with Gasteiger partial charge in [0, 0.05) is 19.3 Å². The van der Waals surface area contributed by atoms with Crippen molar-refractivity contribution in [1.29, 1.82) is 0 Å². The predicted molar refractivity (Wildman–Crippen MR) is 212 cm³/mol. The Morgan fingerprint density at radius 1 is 0.558 bits per heavy atom. The number of phosphoric acid groups is 1. The smallest absolute Gasteiger partial charge is 0.462 e. The zero-order valence-electron chi connectivity index (χ0n) is 32.2. The molecule has 0 saturated heterocycles. The molecule has 0 unspecified atom stereocenters. The van der Waals surface area contributed by atoms with E-state index in [0.717, 1.165) is 64.2 Å². The van der Waals surface area contributed by atoms with E-state index in [0.29, 0.717) is 6.42 Å². The van der Waals surface area contributed by atoms with Gasteiger partial charge < -0.3 is 19.3 Å². The summed E-state index contributed by atoms with van der Waals surface area (Å²) in [7, 11) is -4.82. The summed E-state index contributed by atoms with van der Waals surface area (Å²) in [6.07, 6.45) is 43.4. The van der Waals surface area contributed by atoms with Crippen LogP contribution in [0.3, 0.4) is 0 Å². The van der Waals surface area contributed by atoms with E-state index in [9.17, 15) is 18.9 Å². The SMILES string of the molecule is CCCCC/C=C\C/C=C\C/C=C\C=C\C(=O)CCCC(=O)O[C@H](COC(=O)CCCCCCCC/C=C\C/C=C\CCCCC)COP(=O)(O)O. The maximum Gasteiger partial charge on any atom is 0.469 e. The Hall–Kier alpha value is -2.84. The Morgan fingerprint density at radius 2 is 1.06 bits per heavy atom. The highest BCUT2D eigenvalue weighted by Gasteiger charge is 2.23. The first kappa shape index (κ1) is 49.2. The average molecular weight is 749 g/mol. The van der Waals surface area contributed by atoms with Gasteiger partial charge in [-0.25, -0.2) is 4.57 Å². The minimum atomic E-state index is -4.82. The summed E-state index contributed by atoms with van der Waals surface area (Å²) in [5.74, 6) is -1.30. The highest BCUT2D eigenvalue weighted by atomic mass is 31.2. The number of hydrogen-bond acceptors (Lipinski definition) is 7. The maximum atomic E-state index is 12.4. The van der Waals surface area contributed by atoms with Gasteiger partial charge in [-0.3, -0.25) is 18.9 Å². The van der Waals surface area contributed by atoms with E-state index in [-0.39, 0.29) is 38.1 Å². The quantitative estimate of drug-likeness (QED) is 0.0162. The Kier molecular flexibility index (Phi) is 34.5. The molecule has 0 rings (SSSR count). The van der Waals surface area contributed by atoms with Crippen LogP contribution in [0.15, 0.2) is 72.9 Å². The Balaban J connectivity index is 4.19. The van der Waals surface area contributed by atoms with Crippen LogP contribution in [0.25, 0.3) is 0 Å². The summed E-state index contributed by atoms with van der Waals surface area (Å²) in [6, 6.07) is 0. The van der Waals surface area contributed by atoms with Crippen molar-refractivity contribution >= 4 is 25.5 Å². The second kappa shape index (κ2) is 36.5. The molecule has 0 spiro atoms. The highest BCUT2D eigenvalue weighted by Crippen LogP contribution is 2.36. The third kappa shape index (κ3) is 38.4. The molecule has 296 valence electrons. The van der Waals surface area contributed by atoms with Gasteiger partial charge in [0.15, 0.2) is 11.9 Å². The van der Waals surface area contributed by atoms with Gasteiger partial charge in [0.2, 0.25) is 0 Å². The van der Waals surface area contributed by atoms with Crippen molar-refractivity contribution in [2.75, 3.05) is 13.2 Å². The lowest BCUT2D eigenvalue weighted by atomic mass is 10.1. The molecular formula is C42H69O9P. The van der Waals surface area contributed by atoms with Crippen molar-refractivity contribution in [3.8, 4) is 0 Å². The molecule has 0 saturated carbocycles. The number of carbonyl (C=O) groups is 3. The van der Waals surface area contributed by atoms with Crippen molar-refractivity contribution < 1.29 is 42.7 Å². The van der Waals surface area contributed by atoms with E-state index in [1.807, 2.05) is 6.08 Å². The number of rotatable bonds is 35. The molecule has 0 aliphatic heterocycles. The summed E-state index contributed by atoms with van der Waals surface area (Å²) >= 11 is 0. The standard InChI is InChI=1S/C42H69O9P/c1-3-5-7-9-11-13-15-17-18-19-21-23-25-27-29-31-35-41(44)49-37-40(38-50-52(46,47)48)51-42(45)36-32-34-39(43)33-30-28-26-24-22-20-16-14-12-10-8-6-4-2/h11-14,17-18,20,22,26,28,30,33,40H,3-10,15-16,19,21,23-25,27,29,31-32,34-38H2,1-2H3,(H2,46,47,48)/b13-11-,14-12-,18-17-,22-20-,28-26-,33-30+/t40-/m1/s1. The number of carbonyl (C=O) groups excluding carboxylic acids is 3. The zero-order valence-corrected chi connectivity index (χ0v) is 33.1. The predicted octanol–water partition coefficient (Wildman–Crippen LogP) is 11.1. The Bertz CT molecular complexity index is 1130. The highest BCUT2D eigenvalue weighted by molar-refractivity contribution is 7.46. The van der Waals surface area contributed by atoms with E-state index < -0.39 is 32.5 Å². The number of unbranched alkanes of at least 4 members (excludes halogenated alkanes) is 12. The van der Waals surface area contributed by atoms with Gasteiger partial charge in [-0.15, -0.1) is 0 Å². The van der Waals surface area contributed by atoms with E-state index >= 15 is 0 Å². The first-order valence-electron chi connectivity index (χ1n) is 19.7. The van der Waals surface area contributed by atoms with Gasteiger partial charge in [0.25, 0.3) is 0 Å². The van der Waals surface area contributed by atoms with Crippen molar-refractivity contribution in [2.45, 2.75) is 161 Å². The van der Waals surface area contributed by atoms with Crippen molar-refractivity contribution in [3.63, 3.8) is 0 Å². The van der Waals surface area contributed by atoms with E-state index in [4.69, 9.17) is 19.3 Å². The molecule has 10 heteroatoms. The van der Waals surface area contributed by atoms with Crippen LogP contribution in [0.2, 0.25) is 0 Å². The summed E-state index contributed by atoms with van der Waals surface area (Å²) < 4.78 is 26.1. The van der Waals surface area contributed by atoms with E-state index in [1.165, 1.54) is 51.0 Å². The van der Waals surface area contributed by atoms with Gasteiger partial charge >= 0.3 is 19.8 Å². The lowest BCUT2D eigenvalue weighted by Crippen LogP contribution is -2.29. The van der Waals surface area contributed by atoms with Crippen molar-refractivity contribution in [2.24, 2.45) is 0 Å². The minimum Gasteiger partial charge on any atom is -0.462 e. The van der Waals surface area contributed by atoms with Crippen LogP contribution in [0.4, 0.5) is 0 Å². The van der Waals surface area contributed by atoms with Gasteiger partial charge in [0.1, 0.15) is 6.61 Å². The first-order valence-corrected chi connectivity index (χ1v) is 21.2. The van der Waals surface area contributed by atoms with E-state index in [1.54, 1.807) is 12.2 Å². The largest absolute Gasteiger partial charge is 0.469 e.